The van der Waals surface area contributed by atoms with Crippen LogP contribution >= 0.6 is 0 Å². The molecule has 0 radical (unpaired) electrons. The van der Waals surface area contributed by atoms with Gasteiger partial charge in [-0.2, -0.15) is 13.2 Å². The fourth-order valence-corrected chi connectivity index (χ4v) is 0.561. The van der Waals surface area contributed by atoms with E-state index in [1.165, 1.54) is 0 Å². The Hall–Kier alpha value is -1.51. The molecular formula is C6H10F3N3O3. The van der Waals surface area contributed by atoms with Crippen LogP contribution in [-0.4, -0.2) is 30.8 Å². The molecule has 4 N–H and O–H groups in total. The third-order valence-electron chi connectivity index (χ3n) is 1.16. The van der Waals surface area contributed by atoms with E-state index in [1.807, 2.05) is 0 Å². The molecule has 0 aliphatic heterocycles. The van der Waals surface area contributed by atoms with Crippen LogP contribution in [0, 0.1) is 0 Å². The summed E-state index contributed by atoms with van der Waals surface area (Å²) < 4.78 is 39.0. The average Bonchev–Trinajstić information content (AvgIpc) is 2.00. The van der Waals surface area contributed by atoms with Crippen molar-refractivity contribution in [3.63, 3.8) is 0 Å². The van der Waals surface area contributed by atoms with Crippen molar-refractivity contribution in [1.82, 2.24) is 10.9 Å². The first-order chi connectivity index (χ1) is 6.72. The highest BCUT2D eigenvalue weighted by Crippen LogP contribution is 2.11. The normalized spacial score (nSPS) is 13.1. The summed E-state index contributed by atoms with van der Waals surface area (Å²) in [6.45, 7) is -0.225. The van der Waals surface area contributed by atoms with E-state index in [1.54, 1.807) is 10.9 Å². The Morgan fingerprint density at radius 2 is 2.00 bits per heavy atom. The number of hydrogen-bond acceptors (Lipinski definition) is 4. The molecule has 0 aromatic rings. The van der Waals surface area contributed by atoms with E-state index < -0.39 is 30.8 Å². The minimum absolute atomic E-state index is 0.932. The lowest BCUT2D eigenvalue weighted by Crippen LogP contribution is -2.47. The Morgan fingerprint density at radius 3 is 2.40 bits per heavy atom. The molecule has 0 aliphatic carbocycles. The van der Waals surface area contributed by atoms with Crippen LogP contribution in [-0.2, 0) is 9.53 Å². The molecule has 9 heteroatoms. The summed E-state index contributed by atoms with van der Waals surface area (Å²) in [6, 6.07) is 0. The lowest BCUT2D eigenvalue weighted by Gasteiger charge is -2.13. The maximum absolute atomic E-state index is 11.6. The van der Waals surface area contributed by atoms with Crippen molar-refractivity contribution in [2.24, 2.45) is 5.73 Å². The number of carbonyl (C=O) groups is 2. The summed E-state index contributed by atoms with van der Waals surface area (Å²) in [5.74, 6) is -0.932. The Balaban J connectivity index is 3.79. The van der Waals surface area contributed by atoms with Gasteiger partial charge in [0.05, 0.1) is 0 Å². The fourth-order valence-electron chi connectivity index (χ4n) is 0.561. The first-order valence-corrected chi connectivity index (χ1v) is 3.78. The molecule has 2 amide bonds. The van der Waals surface area contributed by atoms with Gasteiger partial charge in [-0.15, -0.1) is 0 Å². The highest BCUT2D eigenvalue weighted by molar-refractivity contribution is 5.82. The highest BCUT2D eigenvalue weighted by Gasteiger charge is 2.27. The van der Waals surface area contributed by atoms with Crippen molar-refractivity contribution in [2.75, 3.05) is 6.54 Å². The molecule has 1 atom stereocenters. The second kappa shape index (κ2) is 5.39. The first-order valence-electron chi connectivity index (χ1n) is 3.78. The Labute approximate surface area is 82.9 Å². The minimum Gasteiger partial charge on any atom is -0.437 e. The predicted molar refractivity (Wildman–Crippen MR) is 42.3 cm³/mol. The molecule has 88 valence electrons. The van der Waals surface area contributed by atoms with Gasteiger partial charge < -0.3 is 10.5 Å². The third-order valence-corrected chi connectivity index (χ3v) is 1.16. The van der Waals surface area contributed by atoms with Gasteiger partial charge in [0.15, 0.2) is 6.10 Å². The van der Waals surface area contributed by atoms with E-state index in [2.05, 4.69) is 10.5 Å². The minimum atomic E-state index is -4.44. The molecule has 0 rings (SSSR count). The van der Waals surface area contributed by atoms with Crippen molar-refractivity contribution < 1.29 is 27.5 Å². The number of primary amides is 1. The van der Waals surface area contributed by atoms with Gasteiger partial charge >= 0.3 is 12.3 Å². The topological polar surface area (TPSA) is 93.5 Å². The van der Waals surface area contributed by atoms with Crippen LogP contribution in [0.4, 0.5) is 18.0 Å². The molecule has 0 bridgehead atoms. The Bertz CT molecular complexity index is 244. The lowest BCUT2D eigenvalue weighted by atomic mass is 10.4. The molecule has 0 spiro atoms. The predicted octanol–water partition coefficient (Wildman–Crippen LogP) is -0.347. The molecular weight excluding hydrogens is 219 g/mol. The third kappa shape index (κ3) is 7.55. The molecule has 0 aliphatic rings. The van der Waals surface area contributed by atoms with Gasteiger partial charge in [-0.1, -0.05) is 0 Å². The SMILES string of the molecule is CC(OC(N)=O)C(=O)NNCC(F)(F)F. The molecule has 0 saturated carbocycles. The van der Waals surface area contributed by atoms with Gasteiger partial charge in [0.2, 0.25) is 0 Å². The van der Waals surface area contributed by atoms with E-state index in [-0.39, 0.29) is 0 Å². The lowest BCUT2D eigenvalue weighted by molar-refractivity contribution is -0.136. The molecule has 6 nitrogen and oxygen atoms in total. The molecule has 15 heavy (non-hydrogen) atoms. The van der Waals surface area contributed by atoms with Gasteiger partial charge in [0.1, 0.15) is 6.54 Å². The smallest absolute Gasteiger partial charge is 0.405 e. The number of hydrazine groups is 1. The quantitative estimate of drug-likeness (QED) is 0.574. The Morgan fingerprint density at radius 1 is 1.47 bits per heavy atom. The molecule has 0 aromatic heterocycles. The zero-order chi connectivity index (χ0) is 12.1. The number of ether oxygens (including phenoxy) is 1. The van der Waals surface area contributed by atoms with E-state index >= 15 is 0 Å². The maximum Gasteiger partial charge on any atom is 0.405 e. The summed E-state index contributed by atoms with van der Waals surface area (Å²) in [4.78, 5) is 21.1. The van der Waals surface area contributed by atoms with Crippen LogP contribution in [0.5, 0.6) is 0 Å². The fraction of sp³-hybridized carbons (Fsp3) is 0.667. The summed E-state index contributed by atoms with van der Waals surface area (Å²) in [5, 5.41) is 0. The van der Waals surface area contributed by atoms with E-state index in [9.17, 15) is 22.8 Å². The van der Waals surface area contributed by atoms with E-state index in [0.29, 0.717) is 0 Å². The first kappa shape index (κ1) is 13.5. The Kier molecular flexibility index (Phi) is 4.85. The number of nitrogens with one attached hydrogen (secondary N) is 2. The van der Waals surface area contributed by atoms with Crippen LogP contribution in [0.2, 0.25) is 0 Å². The van der Waals surface area contributed by atoms with Gasteiger partial charge in [0, 0.05) is 0 Å². The monoisotopic (exact) mass is 229 g/mol. The number of halogens is 3. The van der Waals surface area contributed by atoms with Crippen LogP contribution in [0.25, 0.3) is 0 Å². The van der Waals surface area contributed by atoms with Crippen LogP contribution < -0.4 is 16.6 Å². The average molecular weight is 229 g/mol. The number of alkyl halides is 3. The largest absolute Gasteiger partial charge is 0.437 e. The number of amides is 2. The second-order valence-corrected chi connectivity index (χ2v) is 2.54. The summed E-state index contributed by atoms with van der Waals surface area (Å²) >= 11 is 0. The second-order valence-electron chi connectivity index (χ2n) is 2.54. The van der Waals surface area contributed by atoms with Gasteiger partial charge in [-0.25, -0.2) is 10.2 Å². The highest BCUT2D eigenvalue weighted by atomic mass is 19.4. The summed E-state index contributed by atoms with van der Waals surface area (Å²) in [6.07, 6.45) is -6.89. The summed E-state index contributed by atoms with van der Waals surface area (Å²) in [7, 11) is 0. The van der Waals surface area contributed by atoms with Crippen molar-refractivity contribution in [3.8, 4) is 0 Å². The summed E-state index contributed by atoms with van der Waals surface area (Å²) in [5.41, 5.74) is 7.91. The number of carbonyl (C=O) groups excluding carboxylic acids is 2. The molecule has 0 heterocycles. The van der Waals surface area contributed by atoms with Crippen molar-refractivity contribution >= 4 is 12.0 Å². The molecule has 0 fully saturated rings. The van der Waals surface area contributed by atoms with E-state index in [4.69, 9.17) is 0 Å². The van der Waals surface area contributed by atoms with Crippen LogP contribution in [0.15, 0.2) is 0 Å². The standard InChI is InChI=1S/C6H10F3N3O3/c1-3(15-5(10)14)4(13)12-11-2-6(7,8)9/h3,11H,2H2,1H3,(H2,10,14)(H,12,13). The van der Waals surface area contributed by atoms with Crippen molar-refractivity contribution in [1.29, 1.82) is 0 Å². The van der Waals surface area contributed by atoms with E-state index in [0.717, 1.165) is 6.92 Å². The van der Waals surface area contributed by atoms with Crippen LogP contribution in [0.3, 0.4) is 0 Å². The maximum atomic E-state index is 11.6. The number of nitrogens with two attached hydrogens (primary N) is 1. The van der Waals surface area contributed by atoms with Gasteiger partial charge in [-0.05, 0) is 6.92 Å². The number of hydrogen-bond donors (Lipinski definition) is 3. The zero-order valence-electron chi connectivity index (χ0n) is 7.72. The number of rotatable bonds is 4. The van der Waals surface area contributed by atoms with Crippen LogP contribution in [0.1, 0.15) is 6.92 Å². The molecule has 0 saturated heterocycles. The zero-order valence-corrected chi connectivity index (χ0v) is 7.72. The van der Waals surface area contributed by atoms with Crippen molar-refractivity contribution in [3.05, 3.63) is 0 Å². The van der Waals surface area contributed by atoms with Crippen molar-refractivity contribution in [2.45, 2.75) is 19.2 Å². The molecule has 0 aromatic carbocycles. The van der Waals surface area contributed by atoms with Gasteiger partial charge in [-0.3, -0.25) is 10.2 Å². The van der Waals surface area contributed by atoms with Gasteiger partial charge in [0.25, 0.3) is 5.91 Å². The molecule has 1 unspecified atom stereocenters.